The van der Waals surface area contributed by atoms with Gasteiger partial charge in [-0.25, -0.2) is 0 Å². The molecule has 1 atom stereocenters. The van der Waals surface area contributed by atoms with Gasteiger partial charge in [-0.2, -0.15) is 0 Å². The number of hydrogen-bond donors (Lipinski definition) is 3. The van der Waals surface area contributed by atoms with Crippen LogP contribution in [-0.4, -0.2) is 11.6 Å². The van der Waals surface area contributed by atoms with Crippen molar-refractivity contribution in [3.63, 3.8) is 0 Å². The zero-order chi connectivity index (χ0) is 18.9. The molecular weight excluding hydrogens is 362 g/mol. The number of aryl methyl sites for hydroxylation is 1. The van der Waals surface area contributed by atoms with Gasteiger partial charge in [0.1, 0.15) is 0 Å². The summed E-state index contributed by atoms with van der Waals surface area (Å²) in [5.41, 5.74) is 8.09. The summed E-state index contributed by atoms with van der Waals surface area (Å²) >= 11 is 6.36. The SMILES string of the molecule is Cc1c(-c2cccc3c2CCC3NS)sc2c1CC(C)(C)CC2.O=CO. The Morgan fingerprint density at radius 3 is 2.73 bits per heavy atom. The first kappa shape index (κ1) is 19.5. The summed E-state index contributed by atoms with van der Waals surface area (Å²) in [6.07, 6.45) is 6.13. The Hall–Kier alpha value is -1.30. The van der Waals surface area contributed by atoms with Crippen LogP contribution in [0.1, 0.15) is 59.9 Å². The van der Waals surface area contributed by atoms with Crippen LogP contribution in [0.3, 0.4) is 0 Å². The lowest BCUT2D eigenvalue weighted by molar-refractivity contribution is -0.122. The van der Waals surface area contributed by atoms with Gasteiger partial charge in [0.2, 0.25) is 0 Å². The first-order chi connectivity index (χ1) is 12.4. The van der Waals surface area contributed by atoms with E-state index >= 15 is 0 Å². The standard InChI is InChI=1S/C20H25NS2.CH2O2/c1-12-16-11-20(2,3)10-9-18(16)23-19(12)15-6-4-5-14-13(15)7-8-17(14)21-22;2-1-3/h4-6,17,21-22H,7-11H2,1-3H3;1H,(H,2,3). The second kappa shape index (κ2) is 7.75. The van der Waals surface area contributed by atoms with Crippen LogP contribution in [0, 0.1) is 12.3 Å². The highest BCUT2D eigenvalue weighted by molar-refractivity contribution is 7.78. The molecule has 2 N–H and O–H groups in total. The van der Waals surface area contributed by atoms with Gasteiger partial charge in [-0.3, -0.25) is 9.52 Å². The maximum absolute atomic E-state index is 8.36. The minimum Gasteiger partial charge on any atom is -0.483 e. The van der Waals surface area contributed by atoms with Gasteiger partial charge >= 0.3 is 0 Å². The molecule has 1 unspecified atom stereocenters. The Balaban J connectivity index is 0.000000613. The third-order valence-corrected chi connectivity index (χ3v) is 7.45. The average Bonchev–Trinajstić information content (AvgIpc) is 3.16. The second-order valence-electron chi connectivity index (χ2n) is 8.00. The minimum absolute atomic E-state index is 0.250. The fourth-order valence-electron chi connectivity index (χ4n) is 4.32. The number of benzene rings is 1. The van der Waals surface area contributed by atoms with Crippen LogP contribution in [0.4, 0.5) is 0 Å². The average molecular weight is 390 g/mol. The molecule has 0 radical (unpaired) electrons. The van der Waals surface area contributed by atoms with E-state index in [0.717, 1.165) is 12.8 Å². The van der Waals surface area contributed by atoms with Crippen molar-refractivity contribution in [1.29, 1.82) is 0 Å². The molecule has 0 saturated heterocycles. The Labute approximate surface area is 165 Å². The zero-order valence-corrected chi connectivity index (χ0v) is 17.3. The van der Waals surface area contributed by atoms with Gasteiger partial charge in [0.05, 0.1) is 0 Å². The predicted molar refractivity (Wildman–Crippen MR) is 112 cm³/mol. The molecule has 1 heterocycles. The molecule has 1 aromatic heterocycles. The van der Waals surface area contributed by atoms with E-state index in [2.05, 4.69) is 67.8 Å². The van der Waals surface area contributed by atoms with Crippen LogP contribution >= 0.6 is 24.2 Å². The largest absolute Gasteiger partial charge is 0.483 e. The van der Waals surface area contributed by atoms with Gasteiger partial charge in [0.15, 0.2) is 0 Å². The molecule has 4 rings (SSSR count). The van der Waals surface area contributed by atoms with Crippen LogP contribution in [0.15, 0.2) is 18.2 Å². The fourth-order valence-corrected chi connectivity index (χ4v) is 5.96. The molecular formula is C21H27NO2S2. The highest BCUT2D eigenvalue weighted by Crippen LogP contribution is 2.47. The third kappa shape index (κ3) is 3.57. The topological polar surface area (TPSA) is 49.3 Å². The van der Waals surface area contributed by atoms with E-state index in [1.807, 2.05) is 0 Å². The Bertz CT molecular complexity index is 811. The van der Waals surface area contributed by atoms with Crippen molar-refractivity contribution in [2.45, 2.75) is 58.9 Å². The summed E-state index contributed by atoms with van der Waals surface area (Å²) in [5, 5.41) is 6.89. The fraction of sp³-hybridized carbons (Fsp3) is 0.476. The van der Waals surface area contributed by atoms with Gasteiger partial charge in [-0.1, -0.05) is 44.9 Å². The molecule has 0 amide bonds. The Morgan fingerprint density at radius 2 is 2.04 bits per heavy atom. The molecule has 2 aliphatic carbocycles. The molecule has 5 heteroatoms. The summed E-state index contributed by atoms with van der Waals surface area (Å²) in [7, 11) is 0. The normalized spacial score (nSPS) is 19.9. The van der Waals surface area contributed by atoms with Crippen LogP contribution in [0.25, 0.3) is 10.4 Å². The number of carbonyl (C=O) groups is 1. The van der Waals surface area contributed by atoms with Crippen LogP contribution in [0.2, 0.25) is 0 Å². The van der Waals surface area contributed by atoms with E-state index in [-0.39, 0.29) is 6.47 Å². The Morgan fingerprint density at radius 1 is 1.31 bits per heavy atom. The predicted octanol–water partition coefficient (Wildman–Crippen LogP) is 5.36. The smallest absolute Gasteiger partial charge is 0.290 e. The summed E-state index contributed by atoms with van der Waals surface area (Å²) in [4.78, 5) is 11.5. The molecule has 140 valence electrons. The quantitative estimate of drug-likeness (QED) is 0.479. The summed E-state index contributed by atoms with van der Waals surface area (Å²) in [6.45, 7) is 6.92. The molecule has 26 heavy (non-hydrogen) atoms. The number of thiol groups is 1. The van der Waals surface area contributed by atoms with Crippen molar-refractivity contribution in [3.05, 3.63) is 45.3 Å². The van der Waals surface area contributed by atoms with Crippen molar-refractivity contribution in [2.75, 3.05) is 0 Å². The van der Waals surface area contributed by atoms with E-state index in [4.69, 9.17) is 9.90 Å². The first-order valence-electron chi connectivity index (χ1n) is 9.12. The van der Waals surface area contributed by atoms with Gasteiger partial charge in [-0.15, -0.1) is 11.3 Å². The minimum atomic E-state index is -0.250. The number of carboxylic acid groups (broad SMARTS) is 1. The molecule has 0 bridgehead atoms. The second-order valence-corrected chi connectivity index (χ2v) is 9.36. The van der Waals surface area contributed by atoms with Crippen molar-refractivity contribution < 1.29 is 9.90 Å². The lowest BCUT2D eigenvalue weighted by Gasteiger charge is -2.29. The maximum Gasteiger partial charge on any atom is 0.290 e. The Kier molecular flexibility index (Phi) is 5.80. The maximum atomic E-state index is 8.36. The molecule has 3 nitrogen and oxygen atoms in total. The van der Waals surface area contributed by atoms with Crippen molar-refractivity contribution in [2.24, 2.45) is 5.41 Å². The summed E-state index contributed by atoms with van der Waals surface area (Å²) in [5.74, 6) is 0. The molecule has 2 aliphatic rings. The monoisotopic (exact) mass is 389 g/mol. The van der Waals surface area contributed by atoms with Crippen molar-refractivity contribution >= 4 is 30.6 Å². The first-order valence-corrected chi connectivity index (χ1v) is 10.4. The number of hydrogen-bond acceptors (Lipinski definition) is 4. The molecule has 1 aromatic carbocycles. The molecule has 0 aliphatic heterocycles. The summed E-state index contributed by atoms with van der Waals surface area (Å²) < 4.78 is 3.17. The number of nitrogens with one attached hydrogen (secondary N) is 1. The van der Waals surface area contributed by atoms with E-state index in [1.165, 1.54) is 40.8 Å². The number of fused-ring (bicyclic) bond motifs is 2. The van der Waals surface area contributed by atoms with Gasteiger partial charge in [-0.05, 0) is 72.3 Å². The van der Waals surface area contributed by atoms with Crippen molar-refractivity contribution in [1.82, 2.24) is 4.72 Å². The van der Waals surface area contributed by atoms with Gasteiger partial charge in [0.25, 0.3) is 6.47 Å². The van der Waals surface area contributed by atoms with Crippen LogP contribution in [0.5, 0.6) is 0 Å². The summed E-state index contributed by atoms with van der Waals surface area (Å²) in [6, 6.07) is 7.22. The molecule has 0 saturated carbocycles. The lowest BCUT2D eigenvalue weighted by Crippen LogP contribution is -2.21. The third-order valence-electron chi connectivity index (χ3n) is 5.71. The highest BCUT2D eigenvalue weighted by Gasteiger charge is 2.31. The van der Waals surface area contributed by atoms with Crippen molar-refractivity contribution in [3.8, 4) is 10.4 Å². The molecule has 2 aromatic rings. The van der Waals surface area contributed by atoms with E-state index < -0.39 is 0 Å². The van der Waals surface area contributed by atoms with E-state index in [1.54, 1.807) is 16.0 Å². The van der Waals surface area contributed by atoms with Crippen LogP contribution < -0.4 is 4.72 Å². The molecule has 0 fully saturated rings. The number of thiophene rings is 1. The van der Waals surface area contributed by atoms with Gasteiger partial charge < -0.3 is 5.11 Å². The highest BCUT2D eigenvalue weighted by atomic mass is 32.1. The lowest BCUT2D eigenvalue weighted by atomic mass is 9.76. The number of rotatable bonds is 2. The van der Waals surface area contributed by atoms with Gasteiger partial charge in [0, 0.05) is 15.8 Å². The van der Waals surface area contributed by atoms with Crippen LogP contribution in [-0.2, 0) is 24.1 Å². The zero-order valence-electron chi connectivity index (χ0n) is 15.6. The van der Waals surface area contributed by atoms with E-state index in [0.29, 0.717) is 11.5 Å². The van der Waals surface area contributed by atoms with E-state index in [9.17, 15) is 0 Å². The molecule has 0 spiro atoms.